The molecule has 2 rings (SSSR count). The van der Waals surface area contributed by atoms with Crippen molar-refractivity contribution in [2.24, 2.45) is 0 Å². The molecule has 1 aromatic carbocycles. The van der Waals surface area contributed by atoms with Crippen molar-refractivity contribution in [1.29, 1.82) is 0 Å². The van der Waals surface area contributed by atoms with Crippen LogP contribution in [0.15, 0.2) is 24.3 Å². The van der Waals surface area contributed by atoms with Crippen LogP contribution in [-0.2, 0) is 9.68 Å². The Balaban J connectivity index is 2.29. The number of hydrogen-bond donors (Lipinski definition) is 1. The van der Waals surface area contributed by atoms with Gasteiger partial charge in [-0.15, -0.1) is 0 Å². The standard InChI is InChI=1S/C14H15NO5/c1-2-5-9(8-12(16)20-19)15-13(17)10-6-3-4-7-11(10)14(15)18/h3-4,6-7,9,19H,2,5,8H2,1H3. The first kappa shape index (κ1) is 14.2. The molecule has 1 aliphatic rings. The molecule has 6 nitrogen and oxygen atoms in total. The van der Waals surface area contributed by atoms with Crippen molar-refractivity contribution in [3.63, 3.8) is 0 Å². The van der Waals surface area contributed by atoms with Crippen molar-refractivity contribution in [2.75, 3.05) is 0 Å². The summed E-state index contributed by atoms with van der Waals surface area (Å²) < 4.78 is 0. The zero-order valence-corrected chi connectivity index (χ0v) is 11.0. The van der Waals surface area contributed by atoms with Crippen LogP contribution in [0.5, 0.6) is 0 Å². The molecule has 1 atom stereocenters. The highest BCUT2D eigenvalue weighted by Crippen LogP contribution is 2.27. The third-order valence-electron chi connectivity index (χ3n) is 3.32. The Labute approximate surface area is 115 Å². The van der Waals surface area contributed by atoms with E-state index in [1.807, 2.05) is 6.92 Å². The minimum Gasteiger partial charge on any atom is -0.301 e. The van der Waals surface area contributed by atoms with Gasteiger partial charge in [0, 0.05) is 0 Å². The Morgan fingerprint density at radius 3 is 2.25 bits per heavy atom. The molecule has 0 aromatic heterocycles. The van der Waals surface area contributed by atoms with Gasteiger partial charge in [-0.2, -0.15) is 5.26 Å². The van der Waals surface area contributed by atoms with Gasteiger partial charge in [-0.05, 0) is 18.6 Å². The van der Waals surface area contributed by atoms with E-state index in [0.29, 0.717) is 24.0 Å². The molecule has 1 N–H and O–H groups in total. The number of carbonyl (C=O) groups excluding carboxylic acids is 3. The van der Waals surface area contributed by atoms with E-state index in [2.05, 4.69) is 4.89 Å². The molecule has 2 amide bonds. The van der Waals surface area contributed by atoms with E-state index in [0.717, 1.165) is 4.90 Å². The van der Waals surface area contributed by atoms with Crippen molar-refractivity contribution < 1.29 is 24.5 Å². The summed E-state index contributed by atoms with van der Waals surface area (Å²) in [5.74, 6) is -1.68. The molecule has 0 saturated heterocycles. The second kappa shape index (κ2) is 5.83. The van der Waals surface area contributed by atoms with Crippen LogP contribution in [0.2, 0.25) is 0 Å². The zero-order valence-electron chi connectivity index (χ0n) is 11.0. The lowest BCUT2D eigenvalue weighted by atomic mass is 10.1. The first-order valence-corrected chi connectivity index (χ1v) is 6.41. The molecule has 0 spiro atoms. The van der Waals surface area contributed by atoms with Crippen molar-refractivity contribution in [3.8, 4) is 0 Å². The summed E-state index contributed by atoms with van der Waals surface area (Å²) in [5.41, 5.74) is 0.687. The number of imide groups is 1. The van der Waals surface area contributed by atoms with Gasteiger partial charge in [0.15, 0.2) is 0 Å². The molecule has 106 valence electrons. The molecule has 1 aliphatic heterocycles. The van der Waals surface area contributed by atoms with Gasteiger partial charge in [-0.25, -0.2) is 4.79 Å². The Kier molecular flexibility index (Phi) is 4.14. The van der Waals surface area contributed by atoms with E-state index in [9.17, 15) is 14.4 Å². The third kappa shape index (κ3) is 2.42. The highest BCUT2D eigenvalue weighted by Gasteiger charge is 2.40. The maximum atomic E-state index is 12.3. The summed E-state index contributed by atoms with van der Waals surface area (Å²) in [7, 11) is 0. The smallest absolute Gasteiger partial charge is 0.301 e. The maximum Gasteiger partial charge on any atom is 0.344 e. The van der Waals surface area contributed by atoms with E-state index in [-0.39, 0.29) is 6.42 Å². The quantitative estimate of drug-likeness (QED) is 0.504. The topological polar surface area (TPSA) is 83.9 Å². The summed E-state index contributed by atoms with van der Waals surface area (Å²) in [4.78, 5) is 40.5. The van der Waals surface area contributed by atoms with E-state index in [1.54, 1.807) is 24.3 Å². The van der Waals surface area contributed by atoms with E-state index in [4.69, 9.17) is 5.26 Å². The highest BCUT2D eigenvalue weighted by atomic mass is 17.1. The summed E-state index contributed by atoms with van der Waals surface area (Å²) in [6.45, 7) is 1.88. The second-order valence-electron chi connectivity index (χ2n) is 4.64. The highest BCUT2D eigenvalue weighted by molar-refractivity contribution is 6.21. The third-order valence-corrected chi connectivity index (χ3v) is 3.32. The number of nitrogens with zero attached hydrogens (tertiary/aromatic N) is 1. The number of fused-ring (bicyclic) bond motifs is 1. The normalized spacial score (nSPS) is 15.2. The van der Waals surface area contributed by atoms with Crippen molar-refractivity contribution in [2.45, 2.75) is 32.2 Å². The summed E-state index contributed by atoms with van der Waals surface area (Å²) in [6.07, 6.45) is 0.952. The van der Waals surface area contributed by atoms with Crippen LogP contribution in [-0.4, -0.2) is 34.0 Å². The van der Waals surface area contributed by atoms with E-state index >= 15 is 0 Å². The number of amides is 2. The van der Waals surface area contributed by atoms with Crippen LogP contribution in [0.4, 0.5) is 0 Å². The Morgan fingerprint density at radius 2 is 1.80 bits per heavy atom. The van der Waals surface area contributed by atoms with Crippen LogP contribution in [0.1, 0.15) is 46.9 Å². The Hall–Kier alpha value is -2.21. The number of rotatable bonds is 5. The Morgan fingerprint density at radius 1 is 1.25 bits per heavy atom. The van der Waals surface area contributed by atoms with Gasteiger partial charge in [-0.1, -0.05) is 25.5 Å². The SMILES string of the molecule is CCCC(CC(=O)OO)N1C(=O)c2ccccc2C1=O. The molecule has 1 aromatic rings. The monoisotopic (exact) mass is 277 g/mol. The van der Waals surface area contributed by atoms with Crippen LogP contribution in [0, 0.1) is 0 Å². The molecule has 0 radical (unpaired) electrons. The molecule has 0 aliphatic carbocycles. The predicted molar refractivity (Wildman–Crippen MR) is 69.0 cm³/mol. The molecular formula is C14H15NO5. The van der Waals surface area contributed by atoms with Gasteiger partial charge in [0.05, 0.1) is 23.6 Å². The van der Waals surface area contributed by atoms with Crippen LogP contribution >= 0.6 is 0 Å². The van der Waals surface area contributed by atoms with E-state index < -0.39 is 23.8 Å². The molecule has 1 heterocycles. The van der Waals surface area contributed by atoms with Crippen LogP contribution in [0.25, 0.3) is 0 Å². The molecule has 20 heavy (non-hydrogen) atoms. The van der Waals surface area contributed by atoms with Gasteiger partial charge >= 0.3 is 5.97 Å². The fraction of sp³-hybridized carbons (Fsp3) is 0.357. The second-order valence-corrected chi connectivity index (χ2v) is 4.64. The van der Waals surface area contributed by atoms with Gasteiger partial charge in [0.25, 0.3) is 11.8 Å². The lowest BCUT2D eigenvalue weighted by Gasteiger charge is -2.24. The molecule has 0 fully saturated rings. The molecule has 1 unspecified atom stereocenters. The maximum absolute atomic E-state index is 12.3. The lowest BCUT2D eigenvalue weighted by molar-refractivity contribution is -0.235. The number of carbonyl (C=O) groups is 3. The van der Waals surface area contributed by atoms with Crippen molar-refractivity contribution in [1.82, 2.24) is 4.90 Å². The van der Waals surface area contributed by atoms with E-state index in [1.165, 1.54) is 0 Å². The molecule has 0 bridgehead atoms. The largest absolute Gasteiger partial charge is 0.344 e. The Bertz CT molecular complexity index is 519. The average molecular weight is 277 g/mol. The van der Waals surface area contributed by atoms with Crippen LogP contribution in [0.3, 0.4) is 0 Å². The average Bonchev–Trinajstić information content (AvgIpc) is 2.71. The fourth-order valence-electron chi connectivity index (χ4n) is 2.42. The summed E-state index contributed by atoms with van der Waals surface area (Å²) >= 11 is 0. The summed E-state index contributed by atoms with van der Waals surface area (Å²) in [6, 6.07) is 5.94. The first-order chi connectivity index (χ1) is 9.60. The van der Waals surface area contributed by atoms with Gasteiger partial charge in [0.1, 0.15) is 0 Å². The molecule has 0 saturated carbocycles. The molecule has 6 heteroatoms. The van der Waals surface area contributed by atoms with Crippen molar-refractivity contribution >= 4 is 17.8 Å². The predicted octanol–water partition coefficient (Wildman–Crippen LogP) is 1.86. The lowest BCUT2D eigenvalue weighted by Crippen LogP contribution is -2.41. The van der Waals surface area contributed by atoms with Gasteiger partial charge in [-0.3, -0.25) is 14.5 Å². The van der Waals surface area contributed by atoms with Crippen molar-refractivity contribution in [3.05, 3.63) is 35.4 Å². The minimum absolute atomic E-state index is 0.212. The van der Waals surface area contributed by atoms with Gasteiger partial charge in [0.2, 0.25) is 0 Å². The molecular weight excluding hydrogens is 262 g/mol. The summed E-state index contributed by atoms with van der Waals surface area (Å²) in [5, 5.41) is 8.36. The van der Waals surface area contributed by atoms with Crippen LogP contribution < -0.4 is 0 Å². The minimum atomic E-state index is -0.861. The number of benzene rings is 1. The number of hydrogen-bond acceptors (Lipinski definition) is 5. The first-order valence-electron chi connectivity index (χ1n) is 6.41. The fourth-order valence-corrected chi connectivity index (χ4v) is 2.42. The zero-order chi connectivity index (χ0) is 14.7. The van der Waals surface area contributed by atoms with Gasteiger partial charge < -0.3 is 4.89 Å².